The minimum Gasteiger partial charge on any atom is -0.478 e. The number of carbonyl (C=O) groups excluding carboxylic acids is 2. The summed E-state index contributed by atoms with van der Waals surface area (Å²) in [6.07, 6.45) is 5.36. The second kappa shape index (κ2) is 11.0. The first kappa shape index (κ1) is 23.5. The summed E-state index contributed by atoms with van der Waals surface area (Å²) in [5.74, 6) is -0.996. The second-order valence-corrected chi connectivity index (χ2v) is 8.92. The van der Waals surface area contributed by atoms with Gasteiger partial charge in [0.15, 0.2) is 0 Å². The smallest absolute Gasteiger partial charge is 0.407 e. The number of benzene rings is 2. The van der Waals surface area contributed by atoms with E-state index in [1.54, 1.807) is 0 Å². The molecule has 4 rings (SSSR count). The van der Waals surface area contributed by atoms with Gasteiger partial charge in [0, 0.05) is 31.0 Å². The van der Waals surface area contributed by atoms with Crippen molar-refractivity contribution in [3.05, 3.63) is 71.8 Å². The fourth-order valence-electron chi connectivity index (χ4n) is 5.06. The second-order valence-electron chi connectivity index (χ2n) is 8.92. The maximum absolute atomic E-state index is 12.4. The number of ether oxygens (including phenoxy) is 1. The summed E-state index contributed by atoms with van der Waals surface area (Å²) in [6.45, 7) is 0.948. The van der Waals surface area contributed by atoms with E-state index < -0.39 is 12.1 Å². The van der Waals surface area contributed by atoms with E-state index >= 15 is 0 Å². The summed E-state index contributed by atoms with van der Waals surface area (Å²) < 4.78 is 5.60. The van der Waals surface area contributed by atoms with Gasteiger partial charge in [-0.1, -0.05) is 61.0 Å². The molecule has 0 saturated heterocycles. The van der Waals surface area contributed by atoms with E-state index in [2.05, 4.69) is 34.9 Å². The predicted octanol–water partition coefficient (Wildman–Crippen LogP) is 4.09. The molecule has 2 amide bonds. The maximum Gasteiger partial charge on any atom is 0.407 e. The Morgan fingerprint density at radius 2 is 1.65 bits per heavy atom. The highest BCUT2D eigenvalue weighted by Crippen LogP contribution is 2.44. The average Bonchev–Trinajstić information content (AvgIpc) is 3.18. The zero-order valence-corrected chi connectivity index (χ0v) is 19.0. The van der Waals surface area contributed by atoms with E-state index in [1.165, 1.54) is 28.3 Å². The van der Waals surface area contributed by atoms with Crippen LogP contribution >= 0.6 is 0 Å². The summed E-state index contributed by atoms with van der Waals surface area (Å²) in [5.41, 5.74) is 4.74. The van der Waals surface area contributed by atoms with Crippen LogP contribution in [0.25, 0.3) is 11.1 Å². The first-order chi connectivity index (χ1) is 16.5. The molecule has 0 heterocycles. The quantitative estimate of drug-likeness (QED) is 0.513. The van der Waals surface area contributed by atoms with Crippen LogP contribution in [0.15, 0.2) is 60.7 Å². The van der Waals surface area contributed by atoms with Gasteiger partial charge in [0.05, 0.1) is 0 Å². The topological polar surface area (TPSA) is 105 Å². The largest absolute Gasteiger partial charge is 0.478 e. The third-order valence-electron chi connectivity index (χ3n) is 6.69. The van der Waals surface area contributed by atoms with Crippen molar-refractivity contribution in [2.24, 2.45) is 11.8 Å². The molecule has 0 bridgehead atoms. The van der Waals surface area contributed by atoms with Gasteiger partial charge in [-0.2, -0.15) is 0 Å². The molecule has 7 nitrogen and oxygen atoms in total. The molecule has 2 aliphatic carbocycles. The highest BCUT2D eigenvalue weighted by atomic mass is 16.5. The molecule has 0 radical (unpaired) electrons. The molecule has 1 fully saturated rings. The minimum atomic E-state index is -1.04. The monoisotopic (exact) mass is 462 g/mol. The summed E-state index contributed by atoms with van der Waals surface area (Å²) >= 11 is 0. The Bertz CT molecular complexity index is 1030. The lowest BCUT2D eigenvalue weighted by molar-refractivity contribution is -0.131. The fourth-order valence-corrected chi connectivity index (χ4v) is 5.06. The molecule has 2 aromatic carbocycles. The Hall–Kier alpha value is -3.61. The first-order valence-corrected chi connectivity index (χ1v) is 11.8. The minimum absolute atomic E-state index is 0.0242. The third-order valence-corrected chi connectivity index (χ3v) is 6.69. The van der Waals surface area contributed by atoms with E-state index in [0.717, 1.165) is 25.3 Å². The van der Waals surface area contributed by atoms with Gasteiger partial charge in [0.25, 0.3) is 0 Å². The lowest BCUT2D eigenvalue weighted by atomic mass is 9.81. The van der Waals surface area contributed by atoms with Crippen LogP contribution in [0.3, 0.4) is 0 Å². The van der Waals surface area contributed by atoms with E-state index in [4.69, 9.17) is 9.84 Å². The summed E-state index contributed by atoms with van der Waals surface area (Å²) in [4.78, 5) is 35.3. The maximum atomic E-state index is 12.4. The average molecular weight is 463 g/mol. The SMILES string of the molecule is O=C(O)/C=C/CNC(=O)C1CCCC(CNC(=O)OCC2c3ccccc3-c3ccccc32)C1. The van der Waals surface area contributed by atoms with Crippen molar-refractivity contribution >= 4 is 18.0 Å². The summed E-state index contributed by atoms with van der Waals surface area (Å²) in [6, 6.07) is 16.5. The molecule has 0 aliphatic heterocycles. The molecular weight excluding hydrogens is 432 g/mol. The van der Waals surface area contributed by atoms with Crippen molar-refractivity contribution < 1.29 is 24.2 Å². The molecule has 1 saturated carbocycles. The Balaban J connectivity index is 1.24. The van der Waals surface area contributed by atoms with Gasteiger partial charge >= 0.3 is 12.1 Å². The molecule has 2 aliphatic rings. The number of fused-ring (bicyclic) bond motifs is 3. The van der Waals surface area contributed by atoms with Crippen LogP contribution in [-0.4, -0.2) is 42.8 Å². The van der Waals surface area contributed by atoms with Crippen molar-refractivity contribution in [2.45, 2.75) is 31.6 Å². The number of hydrogen-bond donors (Lipinski definition) is 3. The van der Waals surface area contributed by atoms with Crippen molar-refractivity contribution in [3.8, 4) is 11.1 Å². The van der Waals surface area contributed by atoms with Crippen LogP contribution < -0.4 is 10.6 Å². The van der Waals surface area contributed by atoms with Gasteiger partial charge in [-0.05, 0) is 47.4 Å². The number of aliphatic carboxylic acids is 1. The van der Waals surface area contributed by atoms with Crippen LogP contribution in [0.4, 0.5) is 4.79 Å². The van der Waals surface area contributed by atoms with Gasteiger partial charge < -0.3 is 20.5 Å². The number of alkyl carbamates (subject to hydrolysis) is 1. The van der Waals surface area contributed by atoms with Gasteiger partial charge in [-0.25, -0.2) is 9.59 Å². The van der Waals surface area contributed by atoms with Crippen LogP contribution in [0.2, 0.25) is 0 Å². The van der Waals surface area contributed by atoms with Crippen LogP contribution in [0, 0.1) is 11.8 Å². The van der Waals surface area contributed by atoms with E-state index in [0.29, 0.717) is 13.0 Å². The first-order valence-electron chi connectivity index (χ1n) is 11.8. The third kappa shape index (κ3) is 5.65. The van der Waals surface area contributed by atoms with Crippen LogP contribution in [0.5, 0.6) is 0 Å². The van der Waals surface area contributed by atoms with Gasteiger partial charge in [-0.3, -0.25) is 4.79 Å². The zero-order valence-electron chi connectivity index (χ0n) is 19.0. The molecule has 178 valence electrons. The molecule has 3 N–H and O–H groups in total. The summed E-state index contributed by atoms with van der Waals surface area (Å²) in [5, 5.41) is 14.2. The van der Waals surface area contributed by atoms with Crippen molar-refractivity contribution in [1.29, 1.82) is 0 Å². The molecule has 0 spiro atoms. The van der Waals surface area contributed by atoms with E-state index in [1.807, 2.05) is 24.3 Å². The Labute approximate surface area is 199 Å². The number of rotatable bonds is 8. The van der Waals surface area contributed by atoms with Gasteiger partial charge in [-0.15, -0.1) is 0 Å². The highest BCUT2D eigenvalue weighted by molar-refractivity contribution is 5.81. The predicted molar refractivity (Wildman–Crippen MR) is 128 cm³/mol. The molecular formula is C27H30N2O5. The van der Waals surface area contributed by atoms with Gasteiger partial charge in [0.1, 0.15) is 6.61 Å². The number of nitrogens with one attached hydrogen (secondary N) is 2. The number of hydrogen-bond acceptors (Lipinski definition) is 4. The van der Waals surface area contributed by atoms with Crippen LogP contribution in [0.1, 0.15) is 42.7 Å². The number of carboxylic acid groups (broad SMARTS) is 1. The molecule has 2 atom stereocenters. The van der Waals surface area contributed by atoms with E-state index in [-0.39, 0.29) is 36.8 Å². The van der Waals surface area contributed by atoms with E-state index in [9.17, 15) is 14.4 Å². The molecule has 7 heteroatoms. The van der Waals surface area contributed by atoms with Crippen molar-refractivity contribution in [1.82, 2.24) is 10.6 Å². The summed E-state index contributed by atoms with van der Waals surface area (Å²) in [7, 11) is 0. The molecule has 0 aromatic heterocycles. The zero-order chi connectivity index (χ0) is 23.9. The molecule has 34 heavy (non-hydrogen) atoms. The number of carboxylic acids is 1. The Morgan fingerprint density at radius 3 is 2.32 bits per heavy atom. The van der Waals surface area contributed by atoms with Gasteiger partial charge in [0.2, 0.25) is 5.91 Å². The highest BCUT2D eigenvalue weighted by Gasteiger charge is 2.30. The van der Waals surface area contributed by atoms with Crippen LogP contribution in [-0.2, 0) is 14.3 Å². The van der Waals surface area contributed by atoms with Crippen molar-refractivity contribution in [3.63, 3.8) is 0 Å². The lowest BCUT2D eigenvalue weighted by Crippen LogP contribution is -2.37. The number of carbonyl (C=O) groups is 3. The Morgan fingerprint density at radius 1 is 0.971 bits per heavy atom. The normalized spacial score (nSPS) is 19.3. The Kier molecular flexibility index (Phi) is 7.62. The molecule has 2 unspecified atom stereocenters. The lowest BCUT2D eigenvalue weighted by Gasteiger charge is -2.28. The standard InChI is InChI=1S/C27H30N2O5/c30-25(31)13-6-14-28-26(32)19-8-5-7-18(15-19)16-29-27(33)34-17-24-22-11-3-1-9-20(22)21-10-2-4-12-23(21)24/h1-4,6,9-13,18-19,24H,5,7-8,14-17H2,(H,28,32)(H,29,33)(H,30,31)/b13-6+. The fraction of sp³-hybridized carbons (Fsp3) is 0.370. The van der Waals surface area contributed by atoms with Crippen molar-refractivity contribution in [2.75, 3.05) is 19.7 Å². The molecule has 2 aromatic rings. The number of amides is 2.